The van der Waals surface area contributed by atoms with E-state index < -0.39 is 12.0 Å². The molecular weight excluding hydrogens is 363 g/mol. The molecule has 0 spiro atoms. The standard InChI is InChI=1S/C18H19ClN2O3.ClH/c1-24-18(23)10-16(21-17(22)11-20)14-4-2-12(3-5-14)13-6-8-15(19)9-7-13;/h2-9,16H,10-11,20H2,1H3,(H,21,22);1H. The Morgan fingerprint density at radius 2 is 1.60 bits per heavy atom. The molecule has 0 radical (unpaired) electrons. The summed E-state index contributed by atoms with van der Waals surface area (Å²) >= 11 is 5.90. The highest BCUT2D eigenvalue weighted by Gasteiger charge is 2.18. The van der Waals surface area contributed by atoms with E-state index >= 15 is 0 Å². The van der Waals surface area contributed by atoms with E-state index in [0.29, 0.717) is 5.02 Å². The number of amides is 1. The van der Waals surface area contributed by atoms with Crippen LogP contribution < -0.4 is 11.1 Å². The van der Waals surface area contributed by atoms with E-state index in [9.17, 15) is 9.59 Å². The SMILES string of the molecule is COC(=O)CC(NC(=O)CN)c1ccc(-c2ccc(Cl)cc2)cc1.Cl. The summed E-state index contributed by atoms with van der Waals surface area (Å²) < 4.78 is 4.69. The van der Waals surface area contributed by atoms with Gasteiger partial charge in [0.1, 0.15) is 0 Å². The number of benzene rings is 2. The van der Waals surface area contributed by atoms with Gasteiger partial charge in [0.2, 0.25) is 5.91 Å². The van der Waals surface area contributed by atoms with E-state index in [-0.39, 0.29) is 31.3 Å². The number of carbonyl (C=O) groups is 2. The van der Waals surface area contributed by atoms with Crippen LogP contribution in [0.4, 0.5) is 0 Å². The lowest BCUT2D eigenvalue weighted by Gasteiger charge is -2.18. The van der Waals surface area contributed by atoms with Gasteiger partial charge in [-0.2, -0.15) is 0 Å². The van der Waals surface area contributed by atoms with Gasteiger partial charge < -0.3 is 15.8 Å². The monoisotopic (exact) mass is 382 g/mol. The van der Waals surface area contributed by atoms with Crippen molar-refractivity contribution in [3.05, 3.63) is 59.1 Å². The van der Waals surface area contributed by atoms with Crippen LogP contribution in [0.1, 0.15) is 18.0 Å². The topological polar surface area (TPSA) is 81.4 Å². The number of hydrogen-bond donors (Lipinski definition) is 2. The number of carbonyl (C=O) groups excluding carboxylic acids is 2. The van der Waals surface area contributed by atoms with Crippen LogP contribution in [0.25, 0.3) is 11.1 Å². The highest BCUT2D eigenvalue weighted by molar-refractivity contribution is 6.30. The summed E-state index contributed by atoms with van der Waals surface area (Å²) in [5.74, 6) is -0.732. The molecule has 3 N–H and O–H groups in total. The van der Waals surface area contributed by atoms with Crippen molar-refractivity contribution in [3.8, 4) is 11.1 Å². The van der Waals surface area contributed by atoms with E-state index in [1.807, 2.05) is 48.5 Å². The van der Waals surface area contributed by atoms with Gasteiger partial charge in [0.05, 0.1) is 26.1 Å². The summed E-state index contributed by atoms with van der Waals surface area (Å²) in [4.78, 5) is 23.2. The molecule has 5 nitrogen and oxygen atoms in total. The Hall–Kier alpha value is -2.08. The normalized spacial score (nSPS) is 11.2. The highest BCUT2D eigenvalue weighted by atomic mass is 35.5. The Kier molecular flexibility index (Phi) is 8.41. The number of nitrogens with one attached hydrogen (secondary N) is 1. The van der Waals surface area contributed by atoms with Crippen LogP contribution in [0, 0.1) is 0 Å². The zero-order valence-corrected chi connectivity index (χ0v) is 15.3. The first-order chi connectivity index (χ1) is 11.5. The number of methoxy groups -OCH3 is 1. The molecule has 0 heterocycles. The second kappa shape index (κ2) is 10.0. The Balaban J connectivity index is 0.00000312. The first-order valence-electron chi connectivity index (χ1n) is 7.45. The van der Waals surface area contributed by atoms with Gasteiger partial charge in [0.25, 0.3) is 0 Å². The van der Waals surface area contributed by atoms with Crippen molar-refractivity contribution < 1.29 is 14.3 Å². The molecule has 134 valence electrons. The third-order valence-electron chi connectivity index (χ3n) is 3.61. The van der Waals surface area contributed by atoms with Crippen LogP contribution in [0.3, 0.4) is 0 Å². The maximum absolute atomic E-state index is 11.6. The van der Waals surface area contributed by atoms with Crippen LogP contribution in [0.5, 0.6) is 0 Å². The summed E-state index contributed by atoms with van der Waals surface area (Å²) in [5, 5.41) is 3.41. The molecule has 1 unspecified atom stereocenters. The smallest absolute Gasteiger partial charge is 0.307 e. The van der Waals surface area contributed by atoms with Crippen LogP contribution in [0.2, 0.25) is 5.02 Å². The van der Waals surface area contributed by atoms with Gasteiger partial charge in [-0.05, 0) is 28.8 Å². The molecule has 0 bridgehead atoms. The van der Waals surface area contributed by atoms with Crippen molar-refractivity contribution in [2.24, 2.45) is 5.73 Å². The maximum atomic E-state index is 11.6. The van der Waals surface area contributed by atoms with Crippen molar-refractivity contribution in [3.63, 3.8) is 0 Å². The average molecular weight is 383 g/mol. The van der Waals surface area contributed by atoms with Crippen molar-refractivity contribution in [1.29, 1.82) is 0 Å². The Labute approximate surface area is 157 Å². The third kappa shape index (κ3) is 6.05. The molecule has 1 atom stereocenters. The van der Waals surface area contributed by atoms with E-state index in [0.717, 1.165) is 16.7 Å². The lowest BCUT2D eigenvalue weighted by atomic mass is 9.99. The Bertz CT molecular complexity index is 685. The van der Waals surface area contributed by atoms with Crippen molar-refractivity contribution >= 4 is 35.9 Å². The van der Waals surface area contributed by atoms with Crippen molar-refractivity contribution in [2.75, 3.05) is 13.7 Å². The number of halogens is 2. The summed E-state index contributed by atoms with van der Waals surface area (Å²) in [6.45, 7) is -0.138. The molecule has 25 heavy (non-hydrogen) atoms. The molecule has 0 aliphatic heterocycles. The maximum Gasteiger partial charge on any atom is 0.307 e. The highest BCUT2D eigenvalue weighted by Crippen LogP contribution is 2.25. The van der Waals surface area contributed by atoms with E-state index in [1.54, 1.807) is 0 Å². The molecule has 1 amide bonds. The van der Waals surface area contributed by atoms with Crippen LogP contribution in [0.15, 0.2) is 48.5 Å². The minimum absolute atomic E-state index is 0. The fourth-order valence-electron chi connectivity index (χ4n) is 2.31. The fourth-order valence-corrected chi connectivity index (χ4v) is 2.43. The lowest BCUT2D eigenvalue weighted by molar-refractivity contribution is -0.141. The molecule has 2 rings (SSSR count). The third-order valence-corrected chi connectivity index (χ3v) is 3.86. The van der Waals surface area contributed by atoms with Crippen molar-refractivity contribution in [1.82, 2.24) is 5.32 Å². The van der Waals surface area contributed by atoms with Crippen LogP contribution in [-0.4, -0.2) is 25.5 Å². The molecule has 7 heteroatoms. The second-order valence-corrected chi connectivity index (χ2v) is 5.67. The summed E-state index contributed by atoms with van der Waals surface area (Å²) in [7, 11) is 1.31. The van der Waals surface area contributed by atoms with Crippen LogP contribution in [-0.2, 0) is 14.3 Å². The lowest BCUT2D eigenvalue weighted by Crippen LogP contribution is -2.35. The molecule has 0 aromatic heterocycles. The average Bonchev–Trinajstić information content (AvgIpc) is 2.61. The molecule has 0 aliphatic carbocycles. The van der Waals surface area contributed by atoms with E-state index in [1.165, 1.54) is 7.11 Å². The Morgan fingerprint density at radius 3 is 2.08 bits per heavy atom. The largest absolute Gasteiger partial charge is 0.469 e. The van der Waals surface area contributed by atoms with Gasteiger partial charge in [-0.3, -0.25) is 9.59 Å². The van der Waals surface area contributed by atoms with Gasteiger partial charge in [0, 0.05) is 5.02 Å². The molecular formula is C18H20Cl2N2O3. The molecule has 0 saturated carbocycles. The summed E-state index contributed by atoms with van der Waals surface area (Å²) in [6.07, 6.45) is 0.0442. The second-order valence-electron chi connectivity index (χ2n) is 5.23. The predicted octanol–water partition coefficient (Wildman–Crippen LogP) is 3.11. The first kappa shape index (κ1) is 21.0. The van der Waals surface area contributed by atoms with Gasteiger partial charge in [0.15, 0.2) is 0 Å². The summed E-state index contributed by atoms with van der Waals surface area (Å²) in [5.41, 5.74) is 8.18. The quantitative estimate of drug-likeness (QED) is 0.751. The zero-order chi connectivity index (χ0) is 17.5. The number of esters is 1. The molecule has 0 saturated heterocycles. The minimum atomic E-state index is -0.479. The molecule has 2 aromatic rings. The number of rotatable bonds is 6. The first-order valence-corrected chi connectivity index (χ1v) is 7.83. The minimum Gasteiger partial charge on any atom is -0.469 e. The Morgan fingerprint density at radius 1 is 1.08 bits per heavy atom. The van der Waals surface area contributed by atoms with E-state index in [2.05, 4.69) is 10.1 Å². The van der Waals surface area contributed by atoms with Gasteiger partial charge >= 0.3 is 5.97 Å². The predicted molar refractivity (Wildman–Crippen MR) is 101 cm³/mol. The number of nitrogens with two attached hydrogens (primary N) is 1. The summed E-state index contributed by atoms with van der Waals surface area (Å²) in [6, 6.07) is 14.6. The number of ether oxygens (including phenoxy) is 1. The molecule has 0 aliphatic rings. The van der Waals surface area contributed by atoms with E-state index in [4.69, 9.17) is 17.3 Å². The fraction of sp³-hybridized carbons (Fsp3) is 0.222. The molecule has 0 fully saturated rings. The van der Waals surface area contributed by atoms with Crippen molar-refractivity contribution in [2.45, 2.75) is 12.5 Å². The number of hydrogen-bond acceptors (Lipinski definition) is 4. The molecule has 2 aromatic carbocycles. The van der Waals surface area contributed by atoms with Gasteiger partial charge in [-0.15, -0.1) is 12.4 Å². The zero-order valence-electron chi connectivity index (χ0n) is 13.7. The van der Waals surface area contributed by atoms with Crippen LogP contribution >= 0.6 is 24.0 Å². The van der Waals surface area contributed by atoms with Gasteiger partial charge in [-0.1, -0.05) is 48.0 Å². The van der Waals surface area contributed by atoms with Gasteiger partial charge in [-0.25, -0.2) is 0 Å².